The van der Waals surface area contributed by atoms with Crippen LogP contribution in [0, 0.1) is 6.92 Å². The van der Waals surface area contributed by atoms with E-state index in [1.807, 2.05) is 26.8 Å². The Labute approximate surface area is 144 Å². The summed E-state index contributed by atoms with van der Waals surface area (Å²) in [5, 5.41) is 2.90. The zero-order chi connectivity index (χ0) is 18.0. The molecule has 24 heavy (non-hydrogen) atoms. The Hall–Kier alpha value is -1.66. The lowest BCUT2D eigenvalue weighted by Crippen LogP contribution is -2.42. The van der Waals surface area contributed by atoms with Gasteiger partial charge >= 0.3 is 0 Å². The van der Waals surface area contributed by atoms with Crippen LogP contribution < -0.4 is 10.1 Å². The fraction of sp³-hybridized carbons (Fsp3) is 0.667. The van der Waals surface area contributed by atoms with Crippen LogP contribution in [0.25, 0.3) is 0 Å². The number of hydrogen-bond donors (Lipinski definition) is 1. The molecule has 0 bridgehead atoms. The van der Waals surface area contributed by atoms with Crippen LogP contribution in [0.5, 0.6) is 5.88 Å². The number of nitrogens with zero attached hydrogens (tertiary/aromatic N) is 1. The molecule has 1 aromatic heterocycles. The number of methoxy groups -OCH3 is 1. The minimum Gasteiger partial charge on any atom is -0.475 e. The zero-order valence-electron chi connectivity index (χ0n) is 15.5. The summed E-state index contributed by atoms with van der Waals surface area (Å²) in [5.41, 5.74) is 0.668. The molecule has 6 heteroatoms. The quantitative estimate of drug-likeness (QED) is 0.627. The summed E-state index contributed by atoms with van der Waals surface area (Å²) >= 11 is 0. The molecule has 0 unspecified atom stereocenters. The van der Waals surface area contributed by atoms with Crippen molar-refractivity contribution >= 4 is 11.6 Å². The maximum atomic E-state index is 12.6. The fourth-order valence-electron chi connectivity index (χ4n) is 2.35. The van der Waals surface area contributed by atoms with Crippen molar-refractivity contribution in [3.05, 3.63) is 17.8 Å². The third kappa shape index (κ3) is 6.09. The summed E-state index contributed by atoms with van der Waals surface area (Å²) in [7, 11) is 1.62. The Morgan fingerprint density at radius 1 is 1.33 bits per heavy atom. The molecule has 0 saturated heterocycles. The van der Waals surface area contributed by atoms with Crippen molar-refractivity contribution in [2.24, 2.45) is 0 Å². The van der Waals surface area contributed by atoms with Crippen LogP contribution >= 0.6 is 0 Å². The summed E-state index contributed by atoms with van der Waals surface area (Å²) in [4.78, 5) is 16.9. The molecular weight excluding hydrogens is 308 g/mol. The summed E-state index contributed by atoms with van der Waals surface area (Å²) < 4.78 is 16.2. The Morgan fingerprint density at radius 2 is 2.08 bits per heavy atom. The van der Waals surface area contributed by atoms with Crippen molar-refractivity contribution < 1.29 is 19.0 Å². The topological polar surface area (TPSA) is 69.7 Å². The molecule has 0 aliphatic carbocycles. The number of aryl methyl sites for hydroxylation is 1. The number of pyridine rings is 1. The first-order chi connectivity index (χ1) is 11.5. The van der Waals surface area contributed by atoms with Crippen molar-refractivity contribution in [1.29, 1.82) is 0 Å². The maximum Gasteiger partial charge on any atom is 0.256 e. The molecule has 6 nitrogen and oxygen atoms in total. The highest BCUT2D eigenvalue weighted by molar-refractivity contribution is 5.97. The molecule has 0 aromatic carbocycles. The van der Waals surface area contributed by atoms with Gasteiger partial charge in [-0.25, -0.2) is 4.98 Å². The van der Waals surface area contributed by atoms with E-state index in [1.54, 1.807) is 13.3 Å². The maximum absolute atomic E-state index is 12.6. The minimum atomic E-state index is -0.827. The Bertz CT molecular complexity index is 522. The molecule has 1 heterocycles. The van der Waals surface area contributed by atoms with Gasteiger partial charge in [-0.1, -0.05) is 19.8 Å². The number of ether oxygens (including phenoxy) is 3. The number of nitrogens with one attached hydrogen (secondary N) is 1. The van der Waals surface area contributed by atoms with Crippen molar-refractivity contribution in [2.45, 2.75) is 52.6 Å². The lowest BCUT2D eigenvalue weighted by atomic mass is 9.97. The molecule has 1 aromatic rings. The van der Waals surface area contributed by atoms with E-state index in [0.717, 1.165) is 18.4 Å². The van der Waals surface area contributed by atoms with E-state index < -0.39 is 5.60 Å². The van der Waals surface area contributed by atoms with Gasteiger partial charge in [0.25, 0.3) is 5.91 Å². The van der Waals surface area contributed by atoms with Gasteiger partial charge in [0.05, 0.1) is 18.5 Å². The van der Waals surface area contributed by atoms with Gasteiger partial charge in [0, 0.05) is 19.3 Å². The minimum absolute atomic E-state index is 0.146. The van der Waals surface area contributed by atoms with E-state index in [4.69, 9.17) is 14.2 Å². The summed E-state index contributed by atoms with van der Waals surface area (Å²) in [6.45, 7) is 9.17. The Morgan fingerprint density at radius 3 is 2.67 bits per heavy atom. The van der Waals surface area contributed by atoms with E-state index in [-0.39, 0.29) is 5.91 Å². The monoisotopic (exact) mass is 338 g/mol. The molecular formula is C18H30N2O4. The van der Waals surface area contributed by atoms with Crippen molar-refractivity contribution in [2.75, 3.05) is 32.2 Å². The van der Waals surface area contributed by atoms with Gasteiger partial charge in [0.15, 0.2) is 0 Å². The van der Waals surface area contributed by atoms with Crippen molar-refractivity contribution in [1.82, 2.24) is 4.98 Å². The smallest absolute Gasteiger partial charge is 0.256 e. The van der Waals surface area contributed by atoms with Gasteiger partial charge in [-0.05, 0) is 33.3 Å². The van der Waals surface area contributed by atoms with E-state index in [0.29, 0.717) is 37.8 Å². The van der Waals surface area contributed by atoms with Gasteiger partial charge in [0.1, 0.15) is 12.2 Å². The van der Waals surface area contributed by atoms with Crippen molar-refractivity contribution in [3.8, 4) is 5.88 Å². The predicted octanol–water partition coefficient (Wildman–Crippen LogP) is 3.34. The molecule has 1 amide bonds. The largest absolute Gasteiger partial charge is 0.475 e. The molecule has 1 atom stereocenters. The van der Waals surface area contributed by atoms with Gasteiger partial charge in [-0.2, -0.15) is 0 Å². The molecule has 0 saturated carbocycles. The van der Waals surface area contributed by atoms with Gasteiger partial charge in [-0.3, -0.25) is 4.79 Å². The number of hydrogen-bond acceptors (Lipinski definition) is 5. The van der Waals surface area contributed by atoms with Crippen molar-refractivity contribution in [3.63, 3.8) is 0 Å². The second kappa shape index (κ2) is 10.3. The molecule has 0 spiro atoms. The van der Waals surface area contributed by atoms with Crippen LogP contribution in [0.3, 0.4) is 0 Å². The average Bonchev–Trinajstić information content (AvgIpc) is 2.55. The summed E-state index contributed by atoms with van der Waals surface area (Å²) in [5.74, 6) is 0.399. The fourth-order valence-corrected chi connectivity index (χ4v) is 2.35. The van der Waals surface area contributed by atoms with Crippen LogP contribution in [0.4, 0.5) is 5.69 Å². The van der Waals surface area contributed by atoms with Gasteiger partial charge < -0.3 is 19.5 Å². The van der Waals surface area contributed by atoms with E-state index in [9.17, 15) is 4.79 Å². The van der Waals surface area contributed by atoms with E-state index >= 15 is 0 Å². The molecule has 1 N–H and O–H groups in total. The molecule has 1 rings (SSSR count). The number of unbranched alkanes of at least 4 members (excludes halogenated alkanes) is 1. The Balaban J connectivity index is 2.76. The molecule has 136 valence electrons. The van der Waals surface area contributed by atoms with E-state index in [1.165, 1.54) is 0 Å². The summed E-state index contributed by atoms with van der Waals surface area (Å²) in [6, 6.07) is 1.85. The highest BCUT2D eigenvalue weighted by Gasteiger charge is 2.33. The van der Waals surface area contributed by atoms with Crippen LogP contribution in [0.15, 0.2) is 12.3 Å². The van der Waals surface area contributed by atoms with Crippen LogP contribution in [-0.4, -0.2) is 43.4 Å². The third-order valence-corrected chi connectivity index (χ3v) is 3.76. The number of carbonyl (C=O) groups excluding carboxylic acids is 1. The molecule has 0 fully saturated rings. The first-order valence-electron chi connectivity index (χ1n) is 8.50. The standard InChI is InChI=1S/C18H30N2O4/c1-6-8-9-18(4,24-7-2)17(21)20-15-12-14(3)16(19-13-15)23-11-10-22-5/h12-13H,6-11H2,1-5H3,(H,20,21)/t18-/m0/s1. The average molecular weight is 338 g/mol. The lowest BCUT2D eigenvalue weighted by molar-refractivity contribution is -0.139. The SMILES string of the molecule is CCCC[C@](C)(OCC)C(=O)Nc1cnc(OCCOC)c(C)c1. The molecule has 0 aliphatic heterocycles. The highest BCUT2D eigenvalue weighted by Crippen LogP contribution is 2.23. The van der Waals surface area contributed by atoms with Crippen LogP contribution in [-0.2, 0) is 14.3 Å². The van der Waals surface area contributed by atoms with Gasteiger partial charge in [0.2, 0.25) is 5.88 Å². The second-order valence-corrected chi connectivity index (χ2v) is 5.91. The van der Waals surface area contributed by atoms with E-state index in [2.05, 4.69) is 17.2 Å². The molecule has 0 radical (unpaired) electrons. The number of amides is 1. The molecule has 0 aliphatic rings. The number of carbonyl (C=O) groups is 1. The lowest BCUT2D eigenvalue weighted by Gasteiger charge is -2.28. The Kier molecular flexibility index (Phi) is 8.71. The normalized spacial score (nSPS) is 13.4. The van der Waals surface area contributed by atoms with Crippen LogP contribution in [0.2, 0.25) is 0 Å². The zero-order valence-corrected chi connectivity index (χ0v) is 15.5. The second-order valence-electron chi connectivity index (χ2n) is 5.91. The number of rotatable bonds is 11. The van der Waals surface area contributed by atoms with Gasteiger partial charge in [-0.15, -0.1) is 0 Å². The third-order valence-electron chi connectivity index (χ3n) is 3.76. The first kappa shape index (κ1) is 20.4. The number of anilines is 1. The summed E-state index contributed by atoms with van der Waals surface area (Å²) in [6.07, 6.45) is 4.24. The highest BCUT2D eigenvalue weighted by atomic mass is 16.5. The number of aromatic nitrogens is 1. The van der Waals surface area contributed by atoms with Crippen LogP contribution in [0.1, 0.15) is 45.6 Å². The first-order valence-corrected chi connectivity index (χ1v) is 8.50. The predicted molar refractivity (Wildman–Crippen MR) is 94.5 cm³/mol.